The van der Waals surface area contributed by atoms with Crippen molar-refractivity contribution < 1.29 is 0 Å². The summed E-state index contributed by atoms with van der Waals surface area (Å²) in [6.07, 6.45) is 1.51. The number of aromatic nitrogens is 2. The second-order valence-electron chi connectivity index (χ2n) is 4.74. The maximum atomic E-state index is 6.22. The van der Waals surface area contributed by atoms with Gasteiger partial charge in [-0.15, -0.1) is 0 Å². The number of anilines is 2. The summed E-state index contributed by atoms with van der Waals surface area (Å²) in [6, 6.07) is 19.1. The van der Waals surface area contributed by atoms with E-state index in [1.54, 1.807) is 0 Å². The Bertz CT molecular complexity index is 796. The second kappa shape index (κ2) is 6.89. The highest BCUT2D eigenvalue weighted by Crippen LogP contribution is 2.22. The van der Waals surface area contributed by atoms with Crippen LogP contribution in [0.2, 0.25) is 5.15 Å². The standard InChI is InChI=1S/C17H14ClN5/c18-15-14(11-20-23-13-9-5-2-6-10-13)16(19)22-17(21-15)12-7-3-1-4-8-12/h1-11,23H,(H2,19,21,22)/b20-11+. The number of hydrazone groups is 1. The number of hydrogen-bond donors (Lipinski definition) is 2. The third-order valence-electron chi connectivity index (χ3n) is 3.12. The lowest BCUT2D eigenvalue weighted by Gasteiger charge is -2.06. The molecule has 0 saturated heterocycles. The summed E-state index contributed by atoms with van der Waals surface area (Å²) in [6.45, 7) is 0. The van der Waals surface area contributed by atoms with Crippen LogP contribution in [0.4, 0.5) is 11.5 Å². The molecule has 0 radical (unpaired) electrons. The van der Waals surface area contributed by atoms with Crippen molar-refractivity contribution in [1.29, 1.82) is 0 Å². The first-order valence-electron chi connectivity index (χ1n) is 6.96. The van der Waals surface area contributed by atoms with E-state index in [9.17, 15) is 0 Å². The van der Waals surface area contributed by atoms with Crippen molar-refractivity contribution in [2.75, 3.05) is 11.2 Å². The van der Waals surface area contributed by atoms with E-state index in [2.05, 4.69) is 20.5 Å². The van der Waals surface area contributed by atoms with Crippen molar-refractivity contribution in [3.63, 3.8) is 0 Å². The number of nitrogen functional groups attached to an aromatic ring is 1. The molecule has 0 saturated carbocycles. The van der Waals surface area contributed by atoms with Crippen LogP contribution in [0.5, 0.6) is 0 Å². The van der Waals surface area contributed by atoms with E-state index >= 15 is 0 Å². The molecule has 3 aromatic rings. The molecule has 1 aromatic heterocycles. The van der Waals surface area contributed by atoms with Crippen LogP contribution in [0.15, 0.2) is 65.8 Å². The highest BCUT2D eigenvalue weighted by atomic mass is 35.5. The molecule has 0 unspecified atom stereocenters. The minimum Gasteiger partial charge on any atom is -0.383 e. The zero-order valence-corrected chi connectivity index (χ0v) is 12.9. The Balaban J connectivity index is 1.83. The van der Waals surface area contributed by atoms with Crippen LogP contribution >= 0.6 is 11.6 Å². The maximum Gasteiger partial charge on any atom is 0.163 e. The number of benzene rings is 2. The number of halogens is 1. The van der Waals surface area contributed by atoms with Gasteiger partial charge in [0.05, 0.1) is 17.5 Å². The number of hydrogen-bond acceptors (Lipinski definition) is 5. The molecule has 0 fully saturated rings. The molecule has 0 aliphatic heterocycles. The van der Waals surface area contributed by atoms with Gasteiger partial charge in [0.25, 0.3) is 0 Å². The fourth-order valence-corrected chi connectivity index (χ4v) is 2.20. The molecule has 0 spiro atoms. The largest absolute Gasteiger partial charge is 0.383 e. The van der Waals surface area contributed by atoms with E-state index in [0.717, 1.165) is 11.3 Å². The van der Waals surface area contributed by atoms with Crippen molar-refractivity contribution in [2.24, 2.45) is 5.10 Å². The third-order valence-corrected chi connectivity index (χ3v) is 3.41. The summed E-state index contributed by atoms with van der Waals surface area (Å²) < 4.78 is 0. The number of para-hydroxylation sites is 1. The van der Waals surface area contributed by atoms with Gasteiger partial charge in [-0.1, -0.05) is 60.1 Å². The highest BCUT2D eigenvalue weighted by Gasteiger charge is 2.10. The first kappa shape index (κ1) is 15.0. The van der Waals surface area contributed by atoms with Crippen molar-refractivity contribution in [3.05, 3.63) is 71.4 Å². The molecule has 0 aliphatic rings. The highest BCUT2D eigenvalue weighted by molar-refractivity contribution is 6.32. The Morgan fingerprint density at radius 1 is 0.957 bits per heavy atom. The van der Waals surface area contributed by atoms with Gasteiger partial charge >= 0.3 is 0 Å². The number of nitrogens with two attached hydrogens (primary N) is 1. The molecule has 3 N–H and O–H groups in total. The first-order valence-corrected chi connectivity index (χ1v) is 7.34. The molecule has 5 nitrogen and oxygen atoms in total. The van der Waals surface area contributed by atoms with Crippen LogP contribution in [0.3, 0.4) is 0 Å². The van der Waals surface area contributed by atoms with Gasteiger partial charge in [-0.25, -0.2) is 9.97 Å². The average Bonchev–Trinajstić information content (AvgIpc) is 2.59. The molecule has 3 rings (SSSR count). The smallest absolute Gasteiger partial charge is 0.163 e. The molecular weight excluding hydrogens is 310 g/mol. The Morgan fingerprint density at radius 2 is 1.61 bits per heavy atom. The van der Waals surface area contributed by atoms with Crippen LogP contribution < -0.4 is 11.2 Å². The van der Waals surface area contributed by atoms with Gasteiger partial charge in [0.1, 0.15) is 11.0 Å². The summed E-state index contributed by atoms with van der Waals surface area (Å²) in [5, 5.41) is 4.38. The molecule has 23 heavy (non-hydrogen) atoms. The summed E-state index contributed by atoms with van der Waals surface area (Å²) >= 11 is 6.22. The molecule has 0 aliphatic carbocycles. The molecule has 0 amide bonds. The van der Waals surface area contributed by atoms with Gasteiger partial charge in [0.2, 0.25) is 0 Å². The Hall–Kier alpha value is -2.92. The van der Waals surface area contributed by atoms with Crippen LogP contribution in [-0.4, -0.2) is 16.2 Å². The van der Waals surface area contributed by atoms with Crippen LogP contribution in [-0.2, 0) is 0 Å². The number of rotatable bonds is 4. The SMILES string of the molecule is Nc1nc(-c2ccccc2)nc(Cl)c1/C=N/Nc1ccccc1. The van der Waals surface area contributed by atoms with E-state index < -0.39 is 0 Å². The van der Waals surface area contributed by atoms with Crippen molar-refractivity contribution in [1.82, 2.24) is 9.97 Å². The van der Waals surface area contributed by atoms with Crippen LogP contribution in [0.1, 0.15) is 5.56 Å². The zero-order chi connectivity index (χ0) is 16.1. The monoisotopic (exact) mass is 323 g/mol. The van der Waals surface area contributed by atoms with Crippen molar-refractivity contribution in [2.45, 2.75) is 0 Å². The molecule has 1 heterocycles. The van der Waals surface area contributed by atoms with Gasteiger partial charge in [0, 0.05) is 5.56 Å². The molecule has 0 bridgehead atoms. The van der Waals surface area contributed by atoms with Gasteiger partial charge in [-0.2, -0.15) is 5.10 Å². The minimum absolute atomic E-state index is 0.259. The van der Waals surface area contributed by atoms with E-state index in [0.29, 0.717) is 11.4 Å². The van der Waals surface area contributed by atoms with Crippen LogP contribution in [0.25, 0.3) is 11.4 Å². The summed E-state index contributed by atoms with van der Waals surface area (Å²) in [5.41, 5.74) is 11.1. The topological polar surface area (TPSA) is 76.2 Å². The number of nitrogens with zero attached hydrogens (tertiary/aromatic N) is 3. The Kier molecular flexibility index (Phi) is 4.49. The summed E-state index contributed by atoms with van der Waals surface area (Å²) in [7, 11) is 0. The molecular formula is C17H14ClN5. The van der Waals surface area contributed by atoms with Crippen LogP contribution in [0, 0.1) is 0 Å². The lowest BCUT2D eigenvalue weighted by atomic mass is 10.2. The quantitative estimate of drug-likeness (QED) is 0.434. The maximum absolute atomic E-state index is 6.22. The van der Waals surface area contributed by atoms with Crippen molar-refractivity contribution in [3.8, 4) is 11.4 Å². The van der Waals surface area contributed by atoms with Gasteiger partial charge < -0.3 is 5.73 Å². The predicted octanol–water partition coefficient (Wildman–Crippen LogP) is 3.83. The van der Waals surface area contributed by atoms with Gasteiger partial charge in [-0.3, -0.25) is 5.43 Å². The van der Waals surface area contributed by atoms with E-state index in [1.807, 2.05) is 60.7 Å². The zero-order valence-electron chi connectivity index (χ0n) is 12.1. The Labute approximate surface area is 138 Å². The number of nitrogens with one attached hydrogen (secondary N) is 1. The first-order chi connectivity index (χ1) is 11.2. The molecule has 114 valence electrons. The Morgan fingerprint density at radius 3 is 2.26 bits per heavy atom. The normalized spacial score (nSPS) is 10.8. The van der Waals surface area contributed by atoms with Crippen molar-refractivity contribution >= 4 is 29.3 Å². The summed E-state index contributed by atoms with van der Waals surface area (Å²) in [4.78, 5) is 8.58. The fraction of sp³-hybridized carbons (Fsp3) is 0. The predicted molar refractivity (Wildman–Crippen MR) is 94.5 cm³/mol. The lowest BCUT2D eigenvalue weighted by Crippen LogP contribution is -2.03. The molecule has 0 atom stereocenters. The fourth-order valence-electron chi connectivity index (χ4n) is 1.98. The molecule has 6 heteroatoms. The third kappa shape index (κ3) is 3.64. The minimum atomic E-state index is 0.259. The molecule has 2 aromatic carbocycles. The van der Waals surface area contributed by atoms with E-state index in [-0.39, 0.29) is 11.0 Å². The van der Waals surface area contributed by atoms with Gasteiger partial charge in [0.15, 0.2) is 5.82 Å². The lowest BCUT2D eigenvalue weighted by molar-refractivity contribution is 1.18. The van der Waals surface area contributed by atoms with E-state index in [4.69, 9.17) is 17.3 Å². The second-order valence-corrected chi connectivity index (χ2v) is 5.10. The van der Waals surface area contributed by atoms with E-state index in [1.165, 1.54) is 6.21 Å². The summed E-state index contributed by atoms with van der Waals surface area (Å²) in [5.74, 6) is 0.767. The average molecular weight is 324 g/mol. The van der Waals surface area contributed by atoms with Gasteiger partial charge in [-0.05, 0) is 12.1 Å².